The first-order valence-corrected chi connectivity index (χ1v) is 8.79. The lowest BCUT2D eigenvalue weighted by Gasteiger charge is -2.35. The van der Waals surface area contributed by atoms with Crippen LogP contribution in [-0.2, 0) is 9.59 Å². The minimum Gasteiger partial charge on any atom is -0.397 e. The Labute approximate surface area is 157 Å². The molecule has 0 aromatic heterocycles. The van der Waals surface area contributed by atoms with Crippen molar-refractivity contribution in [2.75, 3.05) is 42.1 Å². The molecule has 2 amide bonds. The van der Waals surface area contributed by atoms with Crippen molar-refractivity contribution in [2.45, 2.75) is 6.92 Å². The van der Waals surface area contributed by atoms with E-state index in [1.807, 2.05) is 37.3 Å². The van der Waals surface area contributed by atoms with E-state index in [1.165, 1.54) is 0 Å². The molecule has 0 atom stereocenters. The van der Waals surface area contributed by atoms with Gasteiger partial charge in [0, 0.05) is 36.9 Å². The first-order chi connectivity index (χ1) is 12.4. The molecule has 3 N–H and O–H groups in total. The quantitative estimate of drug-likeness (QED) is 0.627. The van der Waals surface area contributed by atoms with Gasteiger partial charge in [-0.1, -0.05) is 23.7 Å². The Morgan fingerprint density at radius 3 is 2.46 bits per heavy atom. The van der Waals surface area contributed by atoms with E-state index >= 15 is 0 Å². The van der Waals surface area contributed by atoms with Gasteiger partial charge in [-0.15, -0.1) is 0 Å². The number of carbonyl (C=O) groups is 2. The van der Waals surface area contributed by atoms with Gasteiger partial charge in [-0.3, -0.25) is 9.59 Å². The van der Waals surface area contributed by atoms with Gasteiger partial charge in [-0.25, -0.2) is 0 Å². The summed E-state index contributed by atoms with van der Waals surface area (Å²) in [6.07, 6.45) is 0. The summed E-state index contributed by atoms with van der Waals surface area (Å²) < 4.78 is 0. The van der Waals surface area contributed by atoms with Gasteiger partial charge in [-0.2, -0.15) is 0 Å². The number of halogens is 1. The Balaban J connectivity index is 1.58. The molecule has 0 saturated carbocycles. The fraction of sp³-hybridized carbons (Fsp3) is 0.263. The second kappa shape index (κ2) is 7.66. The summed E-state index contributed by atoms with van der Waals surface area (Å²) in [5.41, 5.74) is 8.78. The van der Waals surface area contributed by atoms with Crippen molar-refractivity contribution in [3.05, 3.63) is 53.1 Å². The summed E-state index contributed by atoms with van der Waals surface area (Å²) in [4.78, 5) is 28.4. The number of carbonyl (C=O) groups excluding carboxylic acids is 2. The predicted molar refractivity (Wildman–Crippen MR) is 104 cm³/mol. The molecule has 0 spiro atoms. The third-order valence-electron chi connectivity index (χ3n) is 4.39. The third kappa shape index (κ3) is 4.08. The second-order valence-corrected chi connectivity index (χ2v) is 6.74. The predicted octanol–water partition coefficient (Wildman–Crippen LogP) is 2.52. The Morgan fingerprint density at radius 2 is 1.81 bits per heavy atom. The van der Waals surface area contributed by atoms with E-state index in [1.54, 1.807) is 17.0 Å². The first kappa shape index (κ1) is 18.1. The number of benzene rings is 2. The molecule has 26 heavy (non-hydrogen) atoms. The van der Waals surface area contributed by atoms with E-state index in [4.69, 9.17) is 17.3 Å². The maximum atomic E-state index is 12.4. The van der Waals surface area contributed by atoms with Crippen LogP contribution in [0.2, 0.25) is 5.02 Å². The fourth-order valence-corrected chi connectivity index (χ4v) is 3.14. The number of hydrogen-bond donors (Lipinski definition) is 2. The topological polar surface area (TPSA) is 78.7 Å². The Kier molecular flexibility index (Phi) is 5.32. The number of piperazine rings is 1. The number of rotatable bonds is 2. The van der Waals surface area contributed by atoms with Crippen LogP contribution in [0.5, 0.6) is 0 Å². The third-order valence-corrected chi connectivity index (χ3v) is 4.62. The minimum atomic E-state index is -0.670. The van der Waals surface area contributed by atoms with E-state index in [9.17, 15) is 9.59 Å². The molecular formula is C19H21ClN4O2. The van der Waals surface area contributed by atoms with Crippen LogP contribution in [0.25, 0.3) is 0 Å². The largest absolute Gasteiger partial charge is 0.397 e. The van der Waals surface area contributed by atoms with Crippen LogP contribution in [-0.4, -0.2) is 42.9 Å². The minimum absolute atomic E-state index is 0.442. The van der Waals surface area contributed by atoms with E-state index in [0.717, 1.165) is 11.3 Å². The molecule has 1 aliphatic rings. The first-order valence-electron chi connectivity index (χ1n) is 8.41. The van der Waals surface area contributed by atoms with Crippen LogP contribution in [0.4, 0.5) is 17.1 Å². The zero-order valence-corrected chi connectivity index (χ0v) is 15.3. The van der Waals surface area contributed by atoms with Gasteiger partial charge in [0.25, 0.3) is 0 Å². The number of nitrogens with two attached hydrogens (primary N) is 1. The van der Waals surface area contributed by atoms with Gasteiger partial charge in [0.2, 0.25) is 0 Å². The molecule has 136 valence electrons. The summed E-state index contributed by atoms with van der Waals surface area (Å²) in [5, 5.41) is 3.28. The summed E-state index contributed by atoms with van der Waals surface area (Å²) in [7, 11) is 0. The average molecular weight is 373 g/mol. The number of anilines is 3. The summed E-state index contributed by atoms with van der Waals surface area (Å²) >= 11 is 6.03. The second-order valence-electron chi connectivity index (χ2n) is 6.30. The lowest BCUT2D eigenvalue weighted by Crippen LogP contribution is -2.51. The number of amides is 2. The van der Waals surface area contributed by atoms with Crippen molar-refractivity contribution >= 4 is 40.5 Å². The highest BCUT2D eigenvalue weighted by atomic mass is 35.5. The zero-order chi connectivity index (χ0) is 18.7. The van der Waals surface area contributed by atoms with Crippen LogP contribution in [0, 0.1) is 6.92 Å². The van der Waals surface area contributed by atoms with E-state index < -0.39 is 11.8 Å². The smallest absolute Gasteiger partial charge is 0.313 e. The van der Waals surface area contributed by atoms with Gasteiger partial charge in [-0.05, 0) is 42.8 Å². The van der Waals surface area contributed by atoms with Crippen molar-refractivity contribution in [1.82, 2.24) is 4.90 Å². The van der Waals surface area contributed by atoms with Crippen LogP contribution in [0.3, 0.4) is 0 Å². The molecule has 1 fully saturated rings. The van der Waals surface area contributed by atoms with Crippen LogP contribution < -0.4 is 16.0 Å². The van der Waals surface area contributed by atoms with Crippen molar-refractivity contribution in [1.29, 1.82) is 0 Å². The SMILES string of the molecule is Cc1ccc(NC(=O)C(=O)N2CCN(c3cccc(Cl)c3)CC2)c(N)c1. The Morgan fingerprint density at radius 1 is 1.08 bits per heavy atom. The molecule has 3 rings (SSSR count). The highest BCUT2D eigenvalue weighted by molar-refractivity contribution is 6.39. The highest BCUT2D eigenvalue weighted by Crippen LogP contribution is 2.22. The maximum absolute atomic E-state index is 12.4. The molecule has 0 unspecified atom stereocenters. The normalized spacial score (nSPS) is 14.2. The lowest BCUT2D eigenvalue weighted by atomic mass is 10.2. The molecule has 1 aliphatic heterocycles. The number of nitrogens with zero attached hydrogens (tertiary/aromatic N) is 2. The van der Waals surface area contributed by atoms with E-state index in [0.29, 0.717) is 42.6 Å². The van der Waals surface area contributed by atoms with Gasteiger partial charge < -0.3 is 20.9 Å². The molecular weight excluding hydrogens is 352 g/mol. The van der Waals surface area contributed by atoms with E-state index in [2.05, 4.69) is 10.2 Å². The van der Waals surface area contributed by atoms with E-state index in [-0.39, 0.29) is 0 Å². The van der Waals surface area contributed by atoms with Crippen LogP contribution in [0.15, 0.2) is 42.5 Å². The summed E-state index contributed by atoms with van der Waals surface area (Å²) in [6.45, 7) is 4.15. The number of aryl methyl sites for hydroxylation is 1. The molecule has 1 heterocycles. The number of hydrogen-bond acceptors (Lipinski definition) is 4. The lowest BCUT2D eigenvalue weighted by molar-refractivity contribution is -0.143. The number of nitrogen functional groups attached to an aromatic ring is 1. The molecule has 0 radical (unpaired) electrons. The monoisotopic (exact) mass is 372 g/mol. The molecule has 2 aromatic rings. The molecule has 1 saturated heterocycles. The highest BCUT2D eigenvalue weighted by Gasteiger charge is 2.26. The van der Waals surface area contributed by atoms with Gasteiger partial charge in [0.1, 0.15) is 0 Å². The summed E-state index contributed by atoms with van der Waals surface area (Å²) in [6, 6.07) is 12.9. The van der Waals surface area contributed by atoms with Crippen LogP contribution in [0.1, 0.15) is 5.56 Å². The molecule has 0 bridgehead atoms. The van der Waals surface area contributed by atoms with Crippen LogP contribution >= 0.6 is 11.6 Å². The van der Waals surface area contributed by atoms with Crippen molar-refractivity contribution in [3.8, 4) is 0 Å². The van der Waals surface area contributed by atoms with Crippen molar-refractivity contribution in [2.24, 2.45) is 0 Å². The van der Waals surface area contributed by atoms with Crippen molar-refractivity contribution < 1.29 is 9.59 Å². The van der Waals surface area contributed by atoms with Gasteiger partial charge in [0.05, 0.1) is 11.4 Å². The average Bonchev–Trinajstić information content (AvgIpc) is 2.63. The Hall–Kier alpha value is -2.73. The van der Waals surface area contributed by atoms with Gasteiger partial charge in [0.15, 0.2) is 0 Å². The molecule has 7 heteroatoms. The molecule has 0 aliphatic carbocycles. The zero-order valence-electron chi connectivity index (χ0n) is 14.5. The number of nitrogens with one attached hydrogen (secondary N) is 1. The standard InChI is InChI=1S/C19H21ClN4O2/c1-13-5-6-17(16(21)11-13)22-18(25)19(26)24-9-7-23(8-10-24)15-4-2-3-14(20)12-15/h2-6,11-12H,7-10,21H2,1H3,(H,22,25). The fourth-order valence-electron chi connectivity index (χ4n) is 2.96. The maximum Gasteiger partial charge on any atom is 0.313 e. The van der Waals surface area contributed by atoms with Gasteiger partial charge >= 0.3 is 11.8 Å². The summed E-state index contributed by atoms with van der Waals surface area (Å²) in [5.74, 6) is -1.22. The molecule has 6 nitrogen and oxygen atoms in total. The molecule has 2 aromatic carbocycles. The van der Waals surface area contributed by atoms with Crippen molar-refractivity contribution in [3.63, 3.8) is 0 Å². The Bertz CT molecular complexity index is 832.